The third-order valence-electron chi connectivity index (χ3n) is 10.3. The van der Waals surface area contributed by atoms with Crippen LogP contribution in [0.5, 0.6) is 0 Å². The van der Waals surface area contributed by atoms with E-state index in [1.165, 1.54) is 128 Å². The normalized spacial score (nSPS) is 40.4. The third kappa shape index (κ3) is 6.21. The molecule has 0 amide bonds. The van der Waals surface area contributed by atoms with Gasteiger partial charge in [0.1, 0.15) is 0 Å². The Morgan fingerprint density at radius 3 is 1.38 bits per heavy atom. The number of rotatable bonds is 6. The predicted molar refractivity (Wildman–Crippen MR) is 137 cm³/mol. The zero-order chi connectivity index (χ0) is 21.6. The van der Waals surface area contributed by atoms with Crippen molar-refractivity contribution in [2.24, 2.45) is 23.7 Å². The maximum atomic E-state index is 4.26. The molecular formula is C30H52N2. The summed E-state index contributed by atoms with van der Waals surface area (Å²) in [6.45, 7) is 0. The predicted octanol–water partition coefficient (Wildman–Crippen LogP) is 7.53. The Hall–Kier alpha value is -0.340. The molecule has 5 fully saturated rings. The van der Waals surface area contributed by atoms with Crippen molar-refractivity contribution in [1.82, 2.24) is 10.6 Å². The highest BCUT2D eigenvalue weighted by Gasteiger charge is 2.41. The van der Waals surface area contributed by atoms with E-state index in [1.807, 2.05) is 0 Å². The van der Waals surface area contributed by atoms with Crippen molar-refractivity contribution in [3.05, 3.63) is 12.2 Å². The summed E-state index contributed by atoms with van der Waals surface area (Å²) in [7, 11) is 0. The summed E-state index contributed by atoms with van der Waals surface area (Å²) in [5, 5.41) is 8.45. The lowest BCUT2D eigenvalue weighted by atomic mass is 9.65. The van der Waals surface area contributed by atoms with Crippen molar-refractivity contribution in [3.63, 3.8) is 0 Å². The minimum Gasteiger partial charge on any atom is -0.311 e. The topological polar surface area (TPSA) is 24.1 Å². The molecule has 2 nitrogen and oxygen atoms in total. The van der Waals surface area contributed by atoms with E-state index in [-0.39, 0.29) is 0 Å². The second-order valence-corrected chi connectivity index (χ2v) is 12.5. The van der Waals surface area contributed by atoms with Gasteiger partial charge in [0.25, 0.3) is 0 Å². The van der Waals surface area contributed by atoms with Gasteiger partial charge in [-0.3, -0.25) is 0 Å². The summed E-state index contributed by atoms with van der Waals surface area (Å²) in [5.41, 5.74) is 0. The van der Waals surface area contributed by atoms with Crippen LogP contribution < -0.4 is 10.6 Å². The average Bonchev–Trinajstić information content (AvgIpc) is 2.86. The summed E-state index contributed by atoms with van der Waals surface area (Å²) in [6.07, 6.45) is 34.3. The molecule has 4 unspecified atom stereocenters. The van der Waals surface area contributed by atoms with Crippen LogP contribution in [-0.2, 0) is 0 Å². The lowest BCUT2D eigenvalue weighted by Crippen LogP contribution is -2.56. The van der Waals surface area contributed by atoms with Crippen molar-refractivity contribution in [1.29, 1.82) is 0 Å². The van der Waals surface area contributed by atoms with Gasteiger partial charge in [-0.1, -0.05) is 63.5 Å². The van der Waals surface area contributed by atoms with Crippen molar-refractivity contribution in [3.8, 4) is 0 Å². The van der Waals surface area contributed by atoms with Gasteiger partial charge < -0.3 is 10.6 Å². The van der Waals surface area contributed by atoms with Crippen LogP contribution in [0.15, 0.2) is 12.2 Å². The van der Waals surface area contributed by atoms with Gasteiger partial charge in [0, 0.05) is 24.2 Å². The van der Waals surface area contributed by atoms with Crippen LogP contribution in [0.3, 0.4) is 0 Å². The Labute approximate surface area is 199 Å². The SMILES string of the molecule is C(=C\C1CCC(NC2CCC(NC3CCCCC3)C3CCCCC23)CC1)/C1CCCCC1. The lowest BCUT2D eigenvalue weighted by Gasteiger charge is -2.49. The van der Waals surface area contributed by atoms with E-state index in [2.05, 4.69) is 22.8 Å². The molecular weight excluding hydrogens is 388 g/mol. The van der Waals surface area contributed by atoms with Crippen LogP contribution in [0, 0.1) is 23.7 Å². The summed E-state index contributed by atoms with van der Waals surface area (Å²) < 4.78 is 0. The van der Waals surface area contributed by atoms with E-state index in [0.29, 0.717) is 0 Å². The molecule has 0 spiro atoms. The standard InChI is InChI=1S/C30H52N2/c1-3-9-23(10-4-1)15-16-24-17-19-26(20-18-24)32-30-22-21-29(27-13-7-8-14-28(27)30)31-25-11-5-2-6-12-25/h15-16,23-32H,1-14,17-22H2/b16-15+. The second-order valence-electron chi connectivity index (χ2n) is 12.5. The van der Waals surface area contributed by atoms with Gasteiger partial charge in [0.2, 0.25) is 0 Å². The van der Waals surface area contributed by atoms with Crippen LogP contribution in [0.4, 0.5) is 0 Å². The number of hydrogen-bond acceptors (Lipinski definition) is 2. The third-order valence-corrected chi connectivity index (χ3v) is 10.3. The molecule has 0 aromatic rings. The van der Waals surface area contributed by atoms with Crippen LogP contribution in [0.1, 0.15) is 128 Å². The first-order valence-corrected chi connectivity index (χ1v) is 15.1. The van der Waals surface area contributed by atoms with E-state index in [0.717, 1.165) is 47.8 Å². The number of hydrogen-bond donors (Lipinski definition) is 2. The first-order chi connectivity index (χ1) is 15.8. The monoisotopic (exact) mass is 440 g/mol. The maximum absolute atomic E-state index is 4.26. The number of allylic oxidation sites excluding steroid dienone is 2. The zero-order valence-electron chi connectivity index (χ0n) is 20.9. The Morgan fingerprint density at radius 2 is 0.812 bits per heavy atom. The maximum Gasteiger partial charge on any atom is 0.0102 e. The fourth-order valence-corrected chi connectivity index (χ4v) is 8.38. The highest BCUT2D eigenvalue weighted by atomic mass is 15.0. The molecule has 4 atom stereocenters. The minimum absolute atomic E-state index is 0.796. The highest BCUT2D eigenvalue weighted by molar-refractivity contribution is 5.00. The van der Waals surface area contributed by atoms with E-state index < -0.39 is 0 Å². The van der Waals surface area contributed by atoms with E-state index in [1.54, 1.807) is 0 Å². The summed E-state index contributed by atoms with van der Waals surface area (Å²) in [6, 6.07) is 3.26. The summed E-state index contributed by atoms with van der Waals surface area (Å²) >= 11 is 0. The van der Waals surface area contributed by atoms with Gasteiger partial charge in [-0.25, -0.2) is 0 Å². The Morgan fingerprint density at radius 1 is 0.375 bits per heavy atom. The molecule has 0 aromatic carbocycles. The van der Waals surface area contributed by atoms with Gasteiger partial charge in [0.05, 0.1) is 0 Å². The van der Waals surface area contributed by atoms with Crippen LogP contribution in [0.2, 0.25) is 0 Å². The van der Waals surface area contributed by atoms with E-state index in [4.69, 9.17) is 0 Å². The largest absolute Gasteiger partial charge is 0.311 e. The molecule has 0 heterocycles. The molecule has 0 bridgehead atoms. The molecule has 0 saturated heterocycles. The van der Waals surface area contributed by atoms with E-state index in [9.17, 15) is 0 Å². The molecule has 5 aliphatic carbocycles. The Balaban J connectivity index is 1.09. The van der Waals surface area contributed by atoms with Crippen molar-refractivity contribution in [2.45, 2.75) is 153 Å². The minimum atomic E-state index is 0.796. The molecule has 5 saturated carbocycles. The van der Waals surface area contributed by atoms with Crippen LogP contribution in [-0.4, -0.2) is 24.2 Å². The molecule has 5 aliphatic rings. The molecule has 2 N–H and O–H groups in total. The van der Waals surface area contributed by atoms with Gasteiger partial charge >= 0.3 is 0 Å². The summed E-state index contributed by atoms with van der Waals surface area (Å²) in [4.78, 5) is 0. The Kier molecular flexibility index (Phi) is 8.68. The molecule has 2 heteroatoms. The van der Waals surface area contributed by atoms with Crippen molar-refractivity contribution >= 4 is 0 Å². The van der Waals surface area contributed by atoms with Gasteiger partial charge in [-0.05, 0) is 101 Å². The van der Waals surface area contributed by atoms with Crippen molar-refractivity contribution in [2.75, 3.05) is 0 Å². The van der Waals surface area contributed by atoms with Gasteiger partial charge in [-0.2, -0.15) is 0 Å². The van der Waals surface area contributed by atoms with E-state index >= 15 is 0 Å². The van der Waals surface area contributed by atoms with Crippen molar-refractivity contribution < 1.29 is 0 Å². The molecule has 0 radical (unpaired) electrons. The zero-order valence-corrected chi connectivity index (χ0v) is 20.9. The Bertz CT molecular complexity index is 565. The first kappa shape index (κ1) is 23.4. The van der Waals surface area contributed by atoms with Gasteiger partial charge in [0.15, 0.2) is 0 Å². The quantitative estimate of drug-likeness (QED) is 0.417. The van der Waals surface area contributed by atoms with Crippen LogP contribution >= 0.6 is 0 Å². The first-order valence-electron chi connectivity index (χ1n) is 15.1. The fraction of sp³-hybridized carbons (Fsp3) is 0.933. The average molecular weight is 441 g/mol. The molecule has 182 valence electrons. The highest BCUT2D eigenvalue weighted by Crippen LogP contribution is 2.42. The molecule has 32 heavy (non-hydrogen) atoms. The lowest BCUT2D eigenvalue weighted by molar-refractivity contribution is 0.0721. The smallest absolute Gasteiger partial charge is 0.0102 e. The molecule has 5 rings (SSSR count). The number of fused-ring (bicyclic) bond motifs is 1. The van der Waals surface area contributed by atoms with Gasteiger partial charge in [-0.15, -0.1) is 0 Å². The summed E-state index contributed by atoms with van der Waals surface area (Å²) in [5.74, 6) is 3.67. The number of nitrogens with one attached hydrogen (secondary N) is 2. The molecule has 0 aliphatic heterocycles. The molecule has 0 aromatic heterocycles. The second kappa shape index (κ2) is 11.9. The van der Waals surface area contributed by atoms with Crippen LogP contribution in [0.25, 0.3) is 0 Å². The fourth-order valence-electron chi connectivity index (χ4n) is 8.38.